The summed E-state index contributed by atoms with van der Waals surface area (Å²) in [7, 11) is 0. The summed E-state index contributed by atoms with van der Waals surface area (Å²) in [5, 5.41) is 5.67. The van der Waals surface area contributed by atoms with Crippen LogP contribution in [-0.2, 0) is 13.0 Å². The summed E-state index contributed by atoms with van der Waals surface area (Å²) in [5.74, 6) is 0.569. The number of hydrogen-bond acceptors (Lipinski definition) is 3. The van der Waals surface area contributed by atoms with Gasteiger partial charge >= 0.3 is 0 Å². The van der Waals surface area contributed by atoms with Gasteiger partial charge in [-0.1, -0.05) is 47.5 Å². The van der Waals surface area contributed by atoms with Crippen molar-refractivity contribution in [3.8, 4) is 11.3 Å². The number of halogens is 2. The first-order chi connectivity index (χ1) is 14.4. The number of aryl methyl sites for hydroxylation is 2. The van der Waals surface area contributed by atoms with Crippen molar-refractivity contribution >= 4 is 34.8 Å². The highest BCUT2D eigenvalue weighted by atomic mass is 35.5. The first-order valence-corrected chi connectivity index (χ1v) is 10.5. The summed E-state index contributed by atoms with van der Waals surface area (Å²) in [6.45, 7) is 4.93. The zero-order valence-electron chi connectivity index (χ0n) is 16.6. The summed E-state index contributed by atoms with van der Waals surface area (Å²) >= 11 is 12.5. The molecule has 1 aliphatic rings. The molecule has 0 aliphatic carbocycles. The van der Waals surface area contributed by atoms with E-state index in [0.717, 1.165) is 17.7 Å². The molecule has 152 valence electrons. The minimum atomic E-state index is -0.0699. The molecular formula is C23H19Cl2N3O2. The van der Waals surface area contributed by atoms with Gasteiger partial charge in [0.15, 0.2) is 0 Å². The molecule has 3 heterocycles. The third-order valence-corrected chi connectivity index (χ3v) is 6.18. The molecule has 0 N–H and O–H groups in total. The van der Waals surface area contributed by atoms with Gasteiger partial charge in [-0.25, -0.2) is 0 Å². The normalized spacial score (nSPS) is 13.7. The topological polar surface area (TPSA) is 50.8 Å². The maximum Gasteiger partial charge on any atom is 0.261 e. The van der Waals surface area contributed by atoms with Crippen LogP contribution >= 0.6 is 23.2 Å². The Bertz CT molecular complexity index is 1310. The summed E-state index contributed by atoms with van der Waals surface area (Å²) in [4.78, 5) is 15.3. The highest BCUT2D eigenvalue weighted by Crippen LogP contribution is 2.36. The number of carbonyl (C=O) groups is 1. The number of oxazole rings is 1. The predicted molar refractivity (Wildman–Crippen MR) is 117 cm³/mol. The number of carbonyl (C=O) groups excluding carboxylic acids is 1. The molecule has 1 amide bonds. The van der Waals surface area contributed by atoms with Crippen molar-refractivity contribution in [1.29, 1.82) is 0 Å². The van der Waals surface area contributed by atoms with Gasteiger partial charge in [0.1, 0.15) is 17.0 Å². The van der Waals surface area contributed by atoms with Crippen LogP contribution in [0.15, 0.2) is 46.9 Å². The van der Waals surface area contributed by atoms with Crippen LogP contribution in [0.3, 0.4) is 0 Å². The number of rotatable bonds is 2. The van der Waals surface area contributed by atoms with Crippen molar-refractivity contribution in [2.24, 2.45) is 0 Å². The molecular weight excluding hydrogens is 421 g/mol. The second-order valence-corrected chi connectivity index (χ2v) is 8.40. The Kier molecular flexibility index (Phi) is 4.60. The van der Waals surface area contributed by atoms with Crippen LogP contribution in [0.5, 0.6) is 0 Å². The fraction of sp³-hybridized carbons (Fsp3) is 0.217. The molecule has 0 atom stereocenters. The molecule has 0 fully saturated rings. The quantitative estimate of drug-likeness (QED) is 0.401. The summed E-state index contributed by atoms with van der Waals surface area (Å²) in [6, 6.07) is 13.5. The zero-order chi connectivity index (χ0) is 21.0. The van der Waals surface area contributed by atoms with Gasteiger partial charge in [-0.3, -0.25) is 4.79 Å². The molecule has 5 rings (SSSR count). The van der Waals surface area contributed by atoms with Gasteiger partial charge < -0.3 is 9.32 Å². The van der Waals surface area contributed by atoms with Gasteiger partial charge in [0.25, 0.3) is 5.91 Å². The van der Waals surface area contributed by atoms with Gasteiger partial charge in [-0.2, -0.15) is 9.61 Å². The van der Waals surface area contributed by atoms with E-state index in [1.165, 1.54) is 11.1 Å². The van der Waals surface area contributed by atoms with E-state index in [9.17, 15) is 4.79 Å². The highest BCUT2D eigenvalue weighted by Gasteiger charge is 2.30. The Hall–Kier alpha value is -2.76. The van der Waals surface area contributed by atoms with Gasteiger partial charge in [0.2, 0.25) is 5.71 Å². The van der Waals surface area contributed by atoms with Gasteiger partial charge in [-0.05, 0) is 49.6 Å². The molecule has 0 saturated heterocycles. The molecule has 0 saturated carbocycles. The Labute approximate surface area is 183 Å². The number of hydrogen-bond donors (Lipinski definition) is 0. The van der Waals surface area contributed by atoms with Crippen molar-refractivity contribution in [1.82, 2.24) is 14.5 Å². The molecule has 0 spiro atoms. The predicted octanol–water partition coefficient (Wildman–Crippen LogP) is 5.72. The number of benzene rings is 2. The summed E-state index contributed by atoms with van der Waals surface area (Å²) < 4.78 is 7.70. The molecule has 30 heavy (non-hydrogen) atoms. The van der Waals surface area contributed by atoms with E-state index in [-0.39, 0.29) is 5.91 Å². The number of fused-ring (bicyclic) bond motifs is 2. The smallest absolute Gasteiger partial charge is 0.261 e. The Balaban J connectivity index is 1.58. The molecule has 0 bridgehead atoms. The third-order valence-electron chi connectivity index (χ3n) is 5.63. The van der Waals surface area contributed by atoms with Crippen molar-refractivity contribution in [2.75, 3.05) is 6.54 Å². The van der Waals surface area contributed by atoms with Crippen LogP contribution in [0.4, 0.5) is 0 Å². The monoisotopic (exact) mass is 439 g/mol. The lowest BCUT2D eigenvalue weighted by Crippen LogP contribution is -2.36. The maximum atomic E-state index is 13.4. The fourth-order valence-corrected chi connectivity index (χ4v) is 4.65. The summed E-state index contributed by atoms with van der Waals surface area (Å²) in [6.07, 6.45) is 0.841. The third kappa shape index (κ3) is 3.01. The van der Waals surface area contributed by atoms with Gasteiger partial charge in [0, 0.05) is 23.7 Å². The molecule has 4 aromatic rings. The van der Waals surface area contributed by atoms with E-state index < -0.39 is 0 Å². The first kappa shape index (κ1) is 19.2. The van der Waals surface area contributed by atoms with Crippen LogP contribution in [0, 0.1) is 13.8 Å². The standard InChI is InChI=1S/C23H19Cl2N3O2/c1-13-20(22(29)27-10-9-15-5-3-4-6-16(15)12-27)23-28(26-13)21(14(2)30-23)18-8-7-17(24)11-19(18)25/h3-8,11H,9-10,12H2,1-2H3. The highest BCUT2D eigenvalue weighted by molar-refractivity contribution is 6.36. The van der Waals surface area contributed by atoms with E-state index in [0.29, 0.717) is 45.9 Å². The van der Waals surface area contributed by atoms with Crippen molar-refractivity contribution < 1.29 is 9.21 Å². The van der Waals surface area contributed by atoms with Crippen LogP contribution in [0.1, 0.15) is 32.9 Å². The van der Waals surface area contributed by atoms with Crippen LogP contribution in [0.2, 0.25) is 10.0 Å². The molecule has 2 aromatic carbocycles. The minimum Gasteiger partial charge on any atom is -0.440 e. The van der Waals surface area contributed by atoms with E-state index in [1.54, 1.807) is 16.6 Å². The fourth-order valence-electron chi connectivity index (χ4n) is 4.15. The van der Waals surface area contributed by atoms with Crippen LogP contribution in [0.25, 0.3) is 17.0 Å². The molecule has 2 aromatic heterocycles. The Morgan fingerprint density at radius 1 is 1.10 bits per heavy atom. The van der Waals surface area contributed by atoms with Crippen LogP contribution < -0.4 is 0 Å². The van der Waals surface area contributed by atoms with E-state index in [1.807, 2.05) is 36.9 Å². The average Bonchev–Trinajstić information content (AvgIpc) is 3.20. The van der Waals surface area contributed by atoms with Crippen molar-refractivity contribution in [2.45, 2.75) is 26.8 Å². The molecule has 1 aliphatic heterocycles. The maximum absolute atomic E-state index is 13.4. The Morgan fingerprint density at radius 3 is 2.63 bits per heavy atom. The van der Waals surface area contributed by atoms with E-state index in [2.05, 4.69) is 17.2 Å². The molecule has 7 heteroatoms. The van der Waals surface area contributed by atoms with Crippen molar-refractivity contribution in [3.63, 3.8) is 0 Å². The van der Waals surface area contributed by atoms with Crippen molar-refractivity contribution in [3.05, 3.63) is 80.7 Å². The second kappa shape index (κ2) is 7.18. The lowest BCUT2D eigenvalue weighted by molar-refractivity contribution is 0.0734. The SMILES string of the molecule is Cc1nn2c(-c3ccc(Cl)cc3Cl)c(C)oc2c1C(=O)N1CCc2ccccc2C1. The van der Waals surface area contributed by atoms with E-state index in [4.69, 9.17) is 27.6 Å². The largest absolute Gasteiger partial charge is 0.440 e. The number of nitrogens with zero attached hydrogens (tertiary/aromatic N) is 3. The minimum absolute atomic E-state index is 0.0699. The second-order valence-electron chi connectivity index (χ2n) is 7.55. The van der Waals surface area contributed by atoms with Gasteiger partial charge in [0.05, 0.1) is 10.7 Å². The Morgan fingerprint density at radius 2 is 1.87 bits per heavy atom. The van der Waals surface area contributed by atoms with Crippen LogP contribution in [-0.4, -0.2) is 27.0 Å². The first-order valence-electron chi connectivity index (χ1n) is 9.74. The summed E-state index contributed by atoms with van der Waals surface area (Å²) in [5.41, 5.74) is 5.52. The number of aromatic nitrogens is 2. The lowest BCUT2D eigenvalue weighted by Gasteiger charge is -2.28. The average molecular weight is 440 g/mol. The molecule has 5 nitrogen and oxygen atoms in total. The lowest BCUT2D eigenvalue weighted by atomic mass is 9.99. The number of amides is 1. The van der Waals surface area contributed by atoms with E-state index >= 15 is 0 Å². The zero-order valence-corrected chi connectivity index (χ0v) is 18.1. The van der Waals surface area contributed by atoms with Gasteiger partial charge in [-0.15, -0.1) is 0 Å². The molecule has 0 unspecified atom stereocenters. The molecule has 0 radical (unpaired) electrons.